The van der Waals surface area contributed by atoms with E-state index in [1.807, 2.05) is 46.0 Å². The van der Waals surface area contributed by atoms with Gasteiger partial charge in [-0.2, -0.15) is 0 Å². The van der Waals surface area contributed by atoms with E-state index in [0.717, 1.165) is 23.2 Å². The lowest BCUT2D eigenvalue weighted by Gasteiger charge is -2.25. The van der Waals surface area contributed by atoms with Gasteiger partial charge in [-0.15, -0.1) is 0 Å². The van der Waals surface area contributed by atoms with E-state index in [4.69, 9.17) is 4.42 Å². The van der Waals surface area contributed by atoms with Crippen LogP contribution < -0.4 is 0 Å². The molecule has 0 aliphatic carbocycles. The van der Waals surface area contributed by atoms with E-state index in [2.05, 4.69) is 9.88 Å². The number of aryl methyl sites for hydroxylation is 1. The van der Waals surface area contributed by atoms with Crippen molar-refractivity contribution in [2.24, 2.45) is 0 Å². The number of nitrogens with zero attached hydrogens (tertiary/aromatic N) is 2. The van der Waals surface area contributed by atoms with Crippen LogP contribution in [0.2, 0.25) is 0 Å². The van der Waals surface area contributed by atoms with Crippen molar-refractivity contribution in [1.82, 2.24) is 9.88 Å². The maximum absolute atomic E-state index is 9.77. The van der Waals surface area contributed by atoms with Gasteiger partial charge in [-0.25, -0.2) is 4.98 Å². The molecule has 0 atom stereocenters. The Hall–Kier alpha value is -1.39. The number of oxazole rings is 1. The molecule has 1 heterocycles. The predicted molar refractivity (Wildman–Crippen MR) is 71.4 cm³/mol. The molecular formula is C14H20N2O2. The van der Waals surface area contributed by atoms with Crippen molar-refractivity contribution in [3.8, 4) is 0 Å². The second kappa shape index (κ2) is 4.71. The van der Waals surface area contributed by atoms with Gasteiger partial charge < -0.3 is 9.52 Å². The summed E-state index contributed by atoms with van der Waals surface area (Å²) in [5.41, 5.74) is 2.19. The zero-order valence-electron chi connectivity index (χ0n) is 11.4. The van der Waals surface area contributed by atoms with Crippen LogP contribution in [0.3, 0.4) is 0 Å². The van der Waals surface area contributed by atoms with Crippen molar-refractivity contribution in [2.45, 2.75) is 32.9 Å². The topological polar surface area (TPSA) is 49.5 Å². The minimum absolute atomic E-state index is 0.625. The highest BCUT2D eigenvalue weighted by molar-refractivity contribution is 5.73. The van der Waals surface area contributed by atoms with Gasteiger partial charge in [0, 0.05) is 20.0 Å². The number of hydrogen-bond acceptors (Lipinski definition) is 4. The normalized spacial score (nSPS) is 12.6. The highest BCUT2D eigenvalue weighted by Gasteiger charge is 2.15. The fourth-order valence-corrected chi connectivity index (χ4v) is 2.21. The Bertz CT molecular complexity index is 540. The molecule has 0 radical (unpaired) electrons. The first-order valence-corrected chi connectivity index (χ1v) is 6.10. The number of rotatable bonds is 4. The van der Waals surface area contributed by atoms with Gasteiger partial charge in [-0.3, -0.25) is 4.90 Å². The smallest absolute Gasteiger partial charge is 0.192 e. The van der Waals surface area contributed by atoms with Crippen molar-refractivity contribution in [3.63, 3.8) is 0 Å². The van der Waals surface area contributed by atoms with Gasteiger partial charge >= 0.3 is 0 Å². The molecule has 1 aromatic carbocycles. The van der Waals surface area contributed by atoms with Crippen LogP contribution in [0, 0.1) is 6.92 Å². The molecule has 1 N–H and O–H groups in total. The van der Waals surface area contributed by atoms with E-state index in [1.165, 1.54) is 0 Å². The molecule has 0 bridgehead atoms. The molecule has 4 nitrogen and oxygen atoms in total. The van der Waals surface area contributed by atoms with Gasteiger partial charge in [0.05, 0.1) is 5.60 Å². The Morgan fingerprint density at radius 1 is 1.39 bits per heavy atom. The summed E-state index contributed by atoms with van der Waals surface area (Å²) in [5.74, 6) is 0.687. The first-order valence-electron chi connectivity index (χ1n) is 6.10. The third kappa shape index (κ3) is 3.31. The summed E-state index contributed by atoms with van der Waals surface area (Å²) in [6.45, 7) is 6.87. The van der Waals surface area contributed by atoms with Crippen LogP contribution >= 0.6 is 0 Å². The van der Waals surface area contributed by atoms with Crippen LogP contribution in [0.1, 0.15) is 25.3 Å². The van der Waals surface area contributed by atoms with Crippen molar-refractivity contribution < 1.29 is 9.52 Å². The highest BCUT2D eigenvalue weighted by atomic mass is 16.3. The van der Waals surface area contributed by atoms with Gasteiger partial charge in [0.25, 0.3) is 0 Å². The minimum atomic E-state index is -0.679. The van der Waals surface area contributed by atoms with Gasteiger partial charge in [-0.1, -0.05) is 6.07 Å². The number of likely N-dealkylation sites (N-methyl/N-ethyl adjacent to an activating group) is 1. The van der Waals surface area contributed by atoms with E-state index in [-0.39, 0.29) is 0 Å². The molecule has 0 amide bonds. The lowest BCUT2D eigenvalue weighted by Crippen LogP contribution is -2.35. The molecule has 98 valence electrons. The lowest BCUT2D eigenvalue weighted by atomic mass is 10.1. The highest BCUT2D eigenvalue weighted by Crippen LogP contribution is 2.18. The minimum Gasteiger partial charge on any atom is -0.441 e. The predicted octanol–water partition coefficient (Wildman–Crippen LogP) is 2.34. The van der Waals surface area contributed by atoms with E-state index in [1.54, 1.807) is 0 Å². The molecule has 4 heteroatoms. The number of aliphatic hydroxyl groups is 1. The number of fused-ring (bicyclic) bond motifs is 1. The zero-order valence-corrected chi connectivity index (χ0v) is 11.4. The molecular weight excluding hydrogens is 228 g/mol. The Balaban J connectivity index is 2.11. The number of aromatic nitrogens is 1. The van der Waals surface area contributed by atoms with Crippen LogP contribution in [0.4, 0.5) is 0 Å². The Morgan fingerprint density at radius 2 is 2.11 bits per heavy atom. The summed E-state index contributed by atoms with van der Waals surface area (Å²) < 4.78 is 5.51. The average Bonchev–Trinajstić information content (AvgIpc) is 2.53. The SMILES string of the molecule is Cc1nc2ccc(CN(C)CC(C)(C)O)cc2o1. The second-order valence-corrected chi connectivity index (χ2v) is 5.52. The average molecular weight is 248 g/mol. The van der Waals surface area contributed by atoms with E-state index in [0.29, 0.717) is 12.4 Å². The molecule has 0 unspecified atom stereocenters. The van der Waals surface area contributed by atoms with Crippen molar-refractivity contribution in [1.29, 1.82) is 0 Å². The van der Waals surface area contributed by atoms with Crippen molar-refractivity contribution in [2.75, 3.05) is 13.6 Å². The fraction of sp³-hybridized carbons (Fsp3) is 0.500. The third-order valence-electron chi connectivity index (χ3n) is 2.67. The van der Waals surface area contributed by atoms with Gasteiger partial charge in [0.1, 0.15) is 5.52 Å². The van der Waals surface area contributed by atoms with E-state index < -0.39 is 5.60 Å². The Kier molecular flexibility index (Phi) is 3.41. The van der Waals surface area contributed by atoms with Crippen molar-refractivity contribution >= 4 is 11.1 Å². The molecule has 0 aliphatic rings. The lowest BCUT2D eigenvalue weighted by molar-refractivity contribution is 0.0425. The quantitative estimate of drug-likeness (QED) is 0.902. The molecule has 0 saturated carbocycles. The van der Waals surface area contributed by atoms with Crippen LogP contribution in [0.5, 0.6) is 0 Å². The maximum Gasteiger partial charge on any atom is 0.192 e. The summed E-state index contributed by atoms with van der Waals surface area (Å²) >= 11 is 0. The summed E-state index contributed by atoms with van der Waals surface area (Å²) in [6.07, 6.45) is 0. The van der Waals surface area contributed by atoms with Crippen LogP contribution in [0.15, 0.2) is 22.6 Å². The molecule has 0 spiro atoms. The summed E-state index contributed by atoms with van der Waals surface area (Å²) in [4.78, 5) is 6.36. The standard InChI is InChI=1S/C14H20N2O2/c1-10-15-12-6-5-11(7-13(12)18-10)8-16(4)9-14(2,3)17/h5-7,17H,8-9H2,1-4H3. The maximum atomic E-state index is 9.77. The molecule has 0 fully saturated rings. The number of benzene rings is 1. The van der Waals surface area contributed by atoms with Gasteiger partial charge in [0.15, 0.2) is 11.5 Å². The summed E-state index contributed by atoms with van der Waals surface area (Å²) in [6, 6.07) is 6.03. The van der Waals surface area contributed by atoms with Gasteiger partial charge in [-0.05, 0) is 38.6 Å². The second-order valence-electron chi connectivity index (χ2n) is 5.52. The molecule has 0 saturated heterocycles. The number of hydrogen-bond donors (Lipinski definition) is 1. The van der Waals surface area contributed by atoms with Crippen LogP contribution in [0.25, 0.3) is 11.1 Å². The summed E-state index contributed by atoms with van der Waals surface area (Å²) in [7, 11) is 1.99. The fourth-order valence-electron chi connectivity index (χ4n) is 2.21. The monoisotopic (exact) mass is 248 g/mol. The Labute approximate surface area is 107 Å². The molecule has 0 aliphatic heterocycles. The third-order valence-corrected chi connectivity index (χ3v) is 2.67. The molecule has 2 aromatic rings. The van der Waals surface area contributed by atoms with E-state index >= 15 is 0 Å². The first kappa shape index (κ1) is 13.1. The zero-order chi connectivity index (χ0) is 13.3. The molecule has 18 heavy (non-hydrogen) atoms. The van der Waals surface area contributed by atoms with Crippen LogP contribution in [-0.4, -0.2) is 34.2 Å². The largest absolute Gasteiger partial charge is 0.441 e. The van der Waals surface area contributed by atoms with Crippen molar-refractivity contribution in [3.05, 3.63) is 29.7 Å². The Morgan fingerprint density at radius 3 is 2.78 bits per heavy atom. The first-order chi connectivity index (χ1) is 8.33. The summed E-state index contributed by atoms with van der Waals surface area (Å²) in [5, 5.41) is 9.77. The van der Waals surface area contributed by atoms with E-state index in [9.17, 15) is 5.11 Å². The molecule has 2 rings (SSSR count). The molecule has 1 aromatic heterocycles. The van der Waals surface area contributed by atoms with Gasteiger partial charge in [0.2, 0.25) is 0 Å². The van der Waals surface area contributed by atoms with Crippen LogP contribution in [-0.2, 0) is 6.54 Å².